The first-order valence-corrected chi connectivity index (χ1v) is 10.2. The highest BCUT2D eigenvalue weighted by Crippen LogP contribution is 2.32. The lowest BCUT2D eigenvalue weighted by molar-refractivity contribution is -0.109. The van der Waals surface area contributed by atoms with Crippen LogP contribution >= 0.6 is 0 Å². The van der Waals surface area contributed by atoms with Gasteiger partial charge in [0.05, 0.1) is 29.6 Å². The number of carbonyl (C=O) groups is 2. The van der Waals surface area contributed by atoms with Crippen molar-refractivity contribution in [2.24, 2.45) is 11.1 Å². The molecule has 6 nitrogen and oxygen atoms in total. The van der Waals surface area contributed by atoms with E-state index in [1.165, 1.54) is 6.07 Å². The number of nitrogens with zero attached hydrogens (tertiary/aromatic N) is 1. The Morgan fingerprint density at radius 2 is 2.13 bits per heavy atom. The van der Waals surface area contributed by atoms with Gasteiger partial charge in [0.25, 0.3) is 5.91 Å². The molecule has 1 amide bonds. The number of anilines is 1. The van der Waals surface area contributed by atoms with Crippen molar-refractivity contribution in [2.45, 2.75) is 53.0 Å². The predicted molar refractivity (Wildman–Crippen MR) is 115 cm³/mol. The summed E-state index contributed by atoms with van der Waals surface area (Å²) in [5.74, 6) is -1.48. The van der Waals surface area contributed by atoms with Gasteiger partial charge in [0.2, 0.25) is 0 Å². The van der Waals surface area contributed by atoms with E-state index in [4.69, 9.17) is 10.5 Å². The second kappa shape index (κ2) is 8.60. The Morgan fingerprint density at radius 1 is 1.40 bits per heavy atom. The molecular weight excluding hydrogens is 385 g/mol. The molecule has 30 heavy (non-hydrogen) atoms. The highest BCUT2D eigenvalue weighted by atomic mass is 19.1. The van der Waals surface area contributed by atoms with Crippen LogP contribution in [0.1, 0.15) is 53.9 Å². The number of aryl methyl sites for hydroxylation is 1. The molecule has 0 saturated carbocycles. The lowest BCUT2D eigenvalue weighted by Crippen LogP contribution is -2.24. The van der Waals surface area contributed by atoms with E-state index in [9.17, 15) is 14.0 Å². The van der Waals surface area contributed by atoms with E-state index in [-0.39, 0.29) is 17.0 Å². The molecule has 1 aliphatic rings. The number of aromatic nitrogens is 1. The topological polar surface area (TPSA) is 86.3 Å². The number of nitrogens with one attached hydrogen (secondary N) is 1. The molecule has 0 spiro atoms. The van der Waals surface area contributed by atoms with Gasteiger partial charge in [-0.2, -0.15) is 0 Å². The Bertz CT molecular complexity index is 959. The van der Waals surface area contributed by atoms with Crippen molar-refractivity contribution in [3.05, 3.63) is 46.5 Å². The second-order valence-electron chi connectivity index (χ2n) is 8.88. The molecule has 1 unspecified atom stereocenters. The van der Waals surface area contributed by atoms with Crippen LogP contribution in [0.25, 0.3) is 5.69 Å². The van der Waals surface area contributed by atoms with Gasteiger partial charge in [-0.25, -0.2) is 4.39 Å². The van der Waals surface area contributed by atoms with Crippen LogP contribution in [0.3, 0.4) is 0 Å². The molecular formula is C23H30FN3O3. The van der Waals surface area contributed by atoms with Crippen molar-refractivity contribution in [3.63, 3.8) is 0 Å². The van der Waals surface area contributed by atoms with Crippen molar-refractivity contribution in [1.29, 1.82) is 0 Å². The van der Waals surface area contributed by atoms with Crippen LogP contribution in [0.4, 0.5) is 10.1 Å². The van der Waals surface area contributed by atoms with E-state index in [0.29, 0.717) is 37.4 Å². The minimum absolute atomic E-state index is 0.00289. The number of nitrogens with two attached hydrogens (primary N) is 1. The minimum Gasteiger partial charge on any atom is -0.379 e. The van der Waals surface area contributed by atoms with Gasteiger partial charge in [-0.3, -0.25) is 4.79 Å². The fourth-order valence-electron chi connectivity index (χ4n) is 3.94. The molecule has 1 aromatic carbocycles. The number of hydrogen-bond donors (Lipinski definition) is 2. The summed E-state index contributed by atoms with van der Waals surface area (Å²) in [6, 6.07) is 3.10. The van der Waals surface area contributed by atoms with Gasteiger partial charge < -0.3 is 25.1 Å². The summed E-state index contributed by atoms with van der Waals surface area (Å²) in [4.78, 5) is 23.0. The molecule has 1 saturated heterocycles. The maximum absolute atomic E-state index is 15.0. The monoisotopic (exact) mass is 415 g/mol. The number of rotatable bonds is 8. The van der Waals surface area contributed by atoms with Crippen molar-refractivity contribution in [3.8, 4) is 5.69 Å². The molecule has 1 atom stereocenters. The number of ether oxygens (including phenoxy) is 1. The van der Waals surface area contributed by atoms with Crippen LogP contribution in [-0.4, -0.2) is 36.0 Å². The average Bonchev–Trinajstić information content (AvgIpc) is 3.24. The average molecular weight is 416 g/mol. The van der Waals surface area contributed by atoms with Crippen LogP contribution < -0.4 is 11.1 Å². The summed E-state index contributed by atoms with van der Waals surface area (Å²) in [5.41, 5.74) is 9.25. The zero-order valence-corrected chi connectivity index (χ0v) is 18.0. The van der Waals surface area contributed by atoms with E-state index in [2.05, 4.69) is 5.32 Å². The lowest BCUT2D eigenvalue weighted by atomic mass is 9.84. The maximum atomic E-state index is 15.0. The molecule has 3 N–H and O–H groups in total. The van der Waals surface area contributed by atoms with E-state index >= 15 is 0 Å². The summed E-state index contributed by atoms with van der Waals surface area (Å²) in [5, 5.41) is 3.23. The Hall–Kier alpha value is -2.67. The Kier molecular flexibility index (Phi) is 6.31. The van der Waals surface area contributed by atoms with Crippen LogP contribution in [-0.2, 0) is 16.0 Å². The predicted octanol–water partition coefficient (Wildman–Crippen LogP) is 3.69. The SMILES string of the molecule is Cc1cn(-c2cc(F)c(C(N)=O)c(NC3CCOC3)c2)c(CC(C)(C)CC=O)c1C. The number of halogens is 1. The number of hydrogen-bond acceptors (Lipinski definition) is 4. The summed E-state index contributed by atoms with van der Waals surface area (Å²) >= 11 is 0. The van der Waals surface area contributed by atoms with Crippen molar-refractivity contribution < 1.29 is 18.7 Å². The third kappa shape index (κ3) is 4.56. The molecule has 0 bridgehead atoms. The second-order valence-corrected chi connectivity index (χ2v) is 8.88. The van der Waals surface area contributed by atoms with Gasteiger partial charge in [-0.15, -0.1) is 0 Å². The van der Waals surface area contributed by atoms with Gasteiger partial charge >= 0.3 is 0 Å². The fraction of sp³-hybridized carbons (Fsp3) is 0.478. The molecule has 0 radical (unpaired) electrons. The molecule has 2 heterocycles. The van der Waals surface area contributed by atoms with E-state index < -0.39 is 11.7 Å². The fourth-order valence-corrected chi connectivity index (χ4v) is 3.94. The van der Waals surface area contributed by atoms with Crippen molar-refractivity contribution in [2.75, 3.05) is 18.5 Å². The molecule has 1 fully saturated rings. The van der Waals surface area contributed by atoms with Crippen molar-refractivity contribution in [1.82, 2.24) is 4.57 Å². The van der Waals surface area contributed by atoms with Crippen LogP contribution in [0, 0.1) is 25.1 Å². The molecule has 7 heteroatoms. The van der Waals surface area contributed by atoms with Gasteiger partial charge in [0.1, 0.15) is 12.1 Å². The van der Waals surface area contributed by atoms with Crippen LogP contribution in [0.2, 0.25) is 0 Å². The maximum Gasteiger partial charge on any atom is 0.253 e. The first-order chi connectivity index (χ1) is 14.1. The molecule has 0 aliphatic carbocycles. The van der Waals surface area contributed by atoms with E-state index in [0.717, 1.165) is 29.5 Å². The number of benzene rings is 1. The van der Waals surface area contributed by atoms with Gasteiger partial charge in [-0.05, 0) is 55.4 Å². The first kappa shape index (κ1) is 22.0. The van der Waals surface area contributed by atoms with Crippen LogP contribution in [0.15, 0.2) is 18.3 Å². The molecule has 162 valence electrons. The van der Waals surface area contributed by atoms with Gasteiger partial charge in [0.15, 0.2) is 0 Å². The van der Waals surface area contributed by atoms with Crippen LogP contribution in [0.5, 0.6) is 0 Å². The quantitative estimate of drug-likeness (QED) is 0.644. The third-order valence-corrected chi connectivity index (χ3v) is 5.81. The Morgan fingerprint density at radius 3 is 2.73 bits per heavy atom. The smallest absolute Gasteiger partial charge is 0.253 e. The first-order valence-electron chi connectivity index (χ1n) is 10.2. The number of amides is 1. The summed E-state index contributed by atoms with van der Waals surface area (Å²) in [7, 11) is 0. The molecule has 3 rings (SSSR count). The van der Waals surface area contributed by atoms with E-state index in [1.807, 2.05) is 38.5 Å². The Balaban J connectivity index is 2.09. The van der Waals surface area contributed by atoms with Gasteiger partial charge in [0, 0.05) is 24.9 Å². The minimum atomic E-state index is -0.812. The summed E-state index contributed by atoms with van der Waals surface area (Å²) in [6.45, 7) is 9.23. The Labute approximate surface area is 176 Å². The van der Waals surface area contributed by atoms with Crippen molar-refractivity contribution >= 4 is 17.9 Å². The summed E-state index contributed by atoms with van der Waals surface area (Å²) < 4.78 is 22.3. The number of carbonyl (C=O) groups excluding carboxylic acids is 2. The highest BCUT2D eigenvalue weighted by Gasteiger charge is 2.25. The highest BCUT2D eigenvalue weighted by molar-refractivity contribution is 5.99. The zero-order chi connectivity index (χ0) is 22.1. The van der Waals surface area contributed by atoms with E-state index in [1.54, 1.807) is 6.07 Å². The molecule has 1 aromatic heterocycles. The molecule has 2 aromatic rings. The standard InChI is InChI=1S/C23H30FN3O3/c1-14-12-27(20(15(14)2)11-23(3,4)6-7-28)17-9-18(24)21(22(25)29)19(10-17)26-16-5-8-30-13-16/h7,9-10,12,16,26H,5-6,8,11,13H2,1-4H3,(H2,25,29). The molecule has 1 aliphatic heterocycles. The third-order valence-electron chi connectivity index (χ3n) is 5.81. The van der Waals surface area contributed by atoms with Gasteiger partial charge in [-0.1, -0.05) is 13.8 Å². The summed E-state index contributed by atoms with van der Waals surface area (Å²) in [6.07, 6.45) is 4.76. The normalized spacial score (nSPS) is 16.6. The number of primary amides is 1. The lowest BCUT2D eigenvalue weighted by Gasteiger charge is -2.24. The largest absolute Gasteiger partial charge is 0.379 e. The number of aldehydes is 1. The zero-order valence-electron chi connectivity index (χ0n) is 18.0.